The second-order valence-corrected chi connectivity index (χ2v) is 7.42. The van der Waals surface area contributed by atoms with Gasteiger partial charge in [-0.3, -0.25) is 4.90 Å². The molecule has 30 heavy (non-hydrogen) atoms. The Labute approximate surface area is 177 Å². The van der Waals surface area contributed by atoms with Gasteiger partial charge in [-0.25, -0.2) is 9.78 Å². The van der Waals surface area contributed by atoms with Crippen LogP contribution in [0.1, 0.15) is 25.6 Å². The van der Waals surface area contributed by atoms with Crippen molar-refractivity contribution in [3.05, 3.63) is 53.4 Å². The Bertz CT molecular complexity index is 1040. The number of aliphatic hydroxyl groups is 1. The van der Waals surface area contributed by atoms with Gasteiger partial charge < -0.3 is 19.7 Å². The van der Waals surface area contributed by atoms with Crippen LogP contribution < -0.4 is 10.2 Å². The maximum atomic E-state index is 12.1. The first-order chi connectivity index (χ1) is 14.4. The third-order valence-electron chi connectivity index (χ3n) is 4.79. The third kappa shape index (κ3) is 4.07. The van der Waals surface area contributed by atoms with Crippen molar-refractivity contribution in [3.63, 3.8) is 0 Å². The van der Waals surface area contributed by atoms with Crippen molar-refractivity contribution in [1.82, 2.24) is 15.1 Å². The first-order valence-corrected chi connectivity index (χ1v) is 9.76. The Morgan fingerprint density at radius 2 is 2.03 bits per heavy atom. The zero-order chi connectivity index (χ0) is 21.3. The molecular formula is C20H20ClN5O4. The first kappa shape index (κ1) is 20.1. The molecule has 10 heteroatoms. The predicted octanol–water partition coefficient (Wildman–Crippen LogP) is 3.66. The number of nitrogens with zero attached hydrogens (tertiary/aromatic N) is 4. The van der Waals surface area contributed by atoms with Crippen molar-refractivity contribution in [2.45, 2.75) is 32.0 Å². The molecule has 0 aliphatic carbocycles. The van der Waals surface area contributed by atoms with Crippen molar-refractivity contribution < 1.29 is 19.2 Å². The van der Waals surface area contributed by atoms with Crippen molar-refractivity contribution in [2.75, 3.05) is 16.8 Å². The minimum absolute atomic E-state index is 0.102. The molecule has 0 bridgehead atoms. The fourth-order valence-corrected chi connectivity index (χ4v) is 3.25. The highest BCUT2D eigenvalue weighted by molar-refractivity contribution is 6.30. The van der Waals surface area contributed by atoms with Crippen LogP contribution >= 0.6 is 11.6 Å². The summed E-state index contributed by atoms with van der Waals surface area (Å²) < 4.78 is 10.5. The van der Waals surface area contributed by atoms with Gasteiger partial charge in [-0.05, 0) is 32.0 Å². The van der Waals surface area contributed by atoms with Crippen LogP contribution in [0.3, 0.4) is 0 Å². The van der Waals surface area contributed by atoms with Crippen LogP contribution in [0.4, 0.5) is 16.6 Å². The molecular weight excluding hydrogens is 410 g/mol. The van der Waals surface area contributed by atoms with Gasteiger partial charge in [-0.15, -0.1) is 0 Å². The zero-order valence-electron chi connectivity index (χ0n) is 16.3. The zero-order valence-corrected chi connectivity index (χ0v) is 17.1. The molecule has 0 saturated carbocycles. The maximum Gasteiger partial charge on any atom is 0.416 e. The van der Waals surface area contributed by atoms with E-state index < -0.39 is 18.2 Å². The van der Waals surface area contributed by atoms with Crippen LogP contribution in [0.15, 0.2) is 47.1 Å². The molecule has 1 aliphatic heterocycles. The average molecular weight is 430 g/mol. The van der Waals surface area contributed by atoms with Crippen LogP contribution in [0.25, 0.3) is 11.3 Å². The highest BCUT2D eigenvalue weighted by Gasteiger charge is 2.38. The molecule has 1 fully saturated rings. The van der Waals surface area contributed by atoms with E-state index in [1.54, 1.807) is 25.1 Å². The van der Waals surface area contributed by atoms with Crippen molar-refractivity contribution >= 4 is 29.5 Å². The summed E-state index contributed by atoms with van der Waals surface area (Å²) in [5, 5.41) is 17.8. The van der Waals surface area contributed by atoms with E-state index in [1.807, 2.05) is 25.1 Å². The number of aromatic nitrogens is 3. The quantitative estimate of drug-likeness (QED) is 0.610. The molecule has 1 aromatic carbocycles. The second kappa shape index (κ2) is 8.29. The number of carbonyl (C=O) groups is 1. The van der Waals surface area contributed by atoms with E-state index in [4.69, 9.17) is 20.9 Å². The fraction of sp³-hybridized carbons (Fsp3) is 0.300. The third-order valence-corrected chi connectivity index (χ3v) is 5.04. The molecule has 9 nitrogen and oxygen atoms in total. The lowest BCUT2D eigenvalue weighted by Crippen LogP contribution is -2.41. The number of hydrogen-bond acceptors (Lipinski definition) is 8. The summed E-state index contributed by atoms with van der Waals surface area (Å²) in [4.78, 5) is 22.0. The van der Waals surface area contributed by atoms with Crippen molar-refractivity contribution in [2.24, 2.45) is 0 Å². The summed E-state index contributed by atoms with van der Waals surface area (Å²) in [5.41, 5.74) is 1.57. The molecule has 0 spiro atoms. The highest BCUT2D eigenvalue weighted by Crippen LogP contribution is 2.27. The summed E-state index contributed by atoms with van der Waals surface area (Å²) in [6, 6.07) is 9.93. The number of benzene rings is 1. The summed E-state index contributed by atoms with van der Waals surface area (Å²) >= 11 is 5.93. The summed E-state index contributed by atoms with van der Waals surface area (Å²) in [6.07, 6.45) is 0.213. The molecule has 2 N–H and O–H groups in total. The molecule has 3 aromatic rings. The topological polar surface area (TPSA) is 114 Å². The Balaban J connectivity index is 1.50. The Hall–Kier alpha value is -3.17. The average Bonchev–Trinajstić information content (AvgIpc) is 3.36. The lowest BCUT2D eigenvalue weighted by Gasteiger charge is -2.22. The number of hydrogen-bond donors (Lipinski definition) is 2. The Morgan fingerprint density at radius 1 is 1.27 bits per heavy atom. The largest absolute Gasteiger partial charge is 0.447 e. The number of carbonyl (C=O) groups excluding carboxylic acids is 1. The number of ether oxygens (including phenoxy) is 1. The summed E-state index contributed by atoms with van der Waals surface area (Å²) in [6.45, 7) is 3.58. The Kier molecular flexibility index (Phi) is 5.56. The molecule has 2 aromatic heterocycles. The summed E-state index contributed by atoms with van der Waals surface area (Å²) in [7, 11) is 0. The van der Waals surface area contributed by atoms with Gasteiger partial charge in [-0.1, -0.05) is 28.9 Å². The van der Waals surface area contributed by atoms with Gasteiger partial charge in [0.05, 0.1) is 12.1 Å². The van der Waals surface area contributed by atoms with E-state index in [-0.39, 0.29) is 12.6 Å². The van der Waals surface area contributed by atoms with Crippen LogP contribution in [0.2, 0.25) is 5.02 Å². The van der Waals surface area contributed by atoms with Gasteiger partial charge in [0.15, 0.2) is 5.76 Å². The van der Waals surface area contributed by atoms with E-state index in [0.717, 1.165) is 5.56 Å². The van der Waals surface area contributed by atoms with E-state index in [0.29, 0.717) is 28.2 Å². The normalized spacial score (nSPS) is 18.2. The van der Waals surface area contributed by atoms with E-state index in [1.165, 1.54) is 11.1 Å². The molecule has 3 atom stereocenters. The van der Waals surface area contributed by atoms with Gasteiger partial charge in [0.1, 0.15) is 24.2 Å². The molecule has 1 amide bonds. The van der Waals surface area contributed by atoms with Crippen LogP contribution in [-0.4, -0.2) is 45.1 Å². The maximum absolute atomic E-state index is 12.1. The highest BCUT2D eigenvalue weighted by atomic mass is 35.5. The van der Waals surface area contributed by atoms with Gasteiger partial charge in [-0.2, -0.15) is 4.98 Å². The molecule has 1 aliphatic rings. The van der Waals surface area contributed by atoms with Crippen LogP contribution in [0.5, 0.6) is 0 Å². The van der Waals surface area contributed by atoms with Crippen molar-refractivity contribution in [1.29, 1.82) is 0 Å². The number of amides is 1. The minimum Gasteiger partial charge on any atom is -0.447 e. The standard InChI is InChI=1S/C20H20ClN5O4/c1-11(17-9-15(25-30-17)13-3-5-14(21)6-4-13)23-19-22-8-7-18(24-19)26-16(12(2)27)10-29-20(26)28/h3-9,11-12,16,27H,10H2,1-2H3,(H,22,23,24)/t11-,12-,16?/m1/s1. The second-order valence-electron chi connectivity index (χ2n) is 6.98. The number of aliphatic hydroxyl groups excluding tert-OH is 1. The van der Waals surface area contributed by atoms with Gasteiger partial charge in [0, 0.05) is 22.8 Å². The van der Waals surface area contributed by atoms with E-state index in [9.17, 15) is 9.90 Å². The van der Waals surface area contributed by atoms with E-state index in [2.05, 4.69) is 20.4 Å². The minimum atomic E-state index is -0.762. The van der Waals surface area contributed by atoms with Gasteiger partial charge in [0.25, 0.3) is 0 Å². The lowest BCUT2D eigenvalue weighted by atomic mass is 10.1. The molecule has 1 unspecified atom stereocenters. The Morgan fingerprint density at radius 3 is 2.77 bits per heavy atom. The monoisotopic (exact) mass is 429 g/mol. The lowest BCUT2D eigenvalue weighted by molar-refractivity contribution is 0.142. The van der Waals surface area contributed by atoms with Crippen LogP contribution in [0, 0.1) is 0 Å². The smallest absolute Gasteiger partial charge is 0.416 e. The number of anilines is 2. The summed E-state index contributed by atoms with van der Waals surface area (Å²) in [5.74, 6) is 1.23. The molecule has 156 valence electrons. The molecule has 3 heterocycles. The van der Waals surface area contributed by atoms with Crippen molar-refractivity contribution in [3.8, 4) is 11.3 Å². The SMILES string of the molecule is C[C@@H](Nc1nccc(N2C(=O)OCC2[C@@H](C)O)n1)c1cc(-c2ccc(Cl)cc2)no1. The molecule has 1 saturated heterocycles. The molecule has 0 radical (unpaired) electrons. The number of cyclic esters (lactones) is 1. The van der Waals surface area contributed by atoms with Gasteiger partial charge >= 0.3 is 6.09 Å². The van der Waals surface area contributed by atoms with E-state index >= 15 is 0 Å². The predicted molar refractivity (Wildman–Crippen MR) is 110 cm³/mol. The number of nitrogens with one attached hydrogen (secondary N) is 1. The first-order valence-electron chi connectivity index (χ1n) is 9.38. The number of rotatable bonds is 6. The van der Waals surface area contributed by atoms with Crippen LogP contribution in [-0.2, 0) is 4.74 Å². The molecule has 4 rings (SSSR count). The van der Waals surface area contributed by atoms with Gasteiger partial charge in [0.2, 0.25) is 5.95 Å². The number of halogens is 1. The fourth-order valence-electron chi connectivity index (χ4n) is 3.12.